The number of carbonyl (C=O) groups is 3. The third-order valence-electron chi connectivity index (χ3n) is 4.88. The Labute approximate surface area is 178 Å². The maximum atomic E-state index is 12.4. The van der Waals surface area contributed by atoms with Gasteiger partial charge in [-0.05, 0) is 50.2 Å². The summed E-state index contributed by atoms with van der Waals surface area (Å²) in [4.78, 5) is 39.1. The molecule has 2 rings (SSSR count). The van der Waals surface area contributed by atoms with E-state index in [1.165, 1.54) is 0 Å². The van der Waals surface area contributed by atoms with Gasteiger partial charge in [0.2, 0.25) is 0 Å². The van der Waals surface area contributed by atoms with Crippen LogP contribution in [0.4, 0.5) is 5.69 Å². The van der Waals surface area contributed by atoms with Gasteiger partial charge in [-0.2, -0.15) is 0 Å². The molecule has 160 valence electrons. The van der Waals surface area contributed by atoms with Crippen molar-refractivity contribution in [2.45, 2.75) is 20.4 Å². The van der Waals surface area contributed by atoms with E-state index in [4.69, 9.17) is 0 Å². The van der Waals surface area contributed by atoms with E-state index in [0.29, 0.717) is 43.0 Å². The van der Waals surface area contributed by atoms with E-state index in [0.717, 1.165) is 10.5 Å². The lowest BCUT2D eigenvalue weighted by Crippen LogP contribution is -3.08. The van der Waals surface area contributed by atoms with Crippen LogP contribution >= 0.6 is 0 Å². The number of rotatable bonds is 9. The van der Waals surface area contributed by atoms with Crippen LogP contribution in [0.3, 0.4) is 0 Å². The van der Waals surface area contributed by atoms with Crippen molar-refractivity contribution in [2.75, 3.05) is 39.0 Å². The van der Waals surface area contributed by atoms with Crippen molar-refractivity contribution in [3.05, 3.63) is 65.2 Å². The van der Waals surface area contributed by atoms with Crippen molar-refractivity contribution in [2.24, 2.45) is 0 Å². The van der Waals surface area contributed by atoms with Crippen molar-refractivity contribution in [1.82, 2.24) is 10.2 Å². The van der Waals surface area contributed by atoms with Crippen molar-refractivity contribution >= 4 is 23.4 Å². The van der Waals surface area contributed by atoms with Gasteiger partial charge in [0.05, 0.1) is 7.05 Å². The second-order valence-corrected chi connectivity index (χ2v) is 7.19. The fourth-order valence-electron chi connectivity index (χ4n) is 3.20. The molecule has 1 atom stereocenters. The highest BCUT2D eigenvalue weighted by Gasteiger charge is 2.14. The summed E-state index contributed by atoms with van der Waals surface area (Å²) in [7, 11) is 3.54. The number of nitrogens with zero attached hydrogens (tertiary/aromatic N) is 1. The van der Waals surface area contributed by atoms with E-state index in [1.54, 1.807) is 48.3 Å². The van der Waals surface area contributed by atoms with Crippen molar-refractivity contribution in [3.63, 3.8) is 0 Å². The van der Waals surface area contributed by atoms with Gasteiger partial charge in [0.15, 0.2) is 6.54 Å². The Hall–Kier alpha value is -3.19. The number of quaternary nitrogens is 1. The monoisotopic (exact) mass is 411 g/mol. The third-order valence-corrected chi connectivity index (χ3v) is 4.88. The van der Waals surface area contributed by atoms with Gasteiger partial charge < -0.3 is 20.4 Å². The first-order valence-electron chi connectivity index (χ1n) is 10.2. The standard InChI is InChI=1S/C23H30N4O3/c1-5-27(6-2)23(30)19-11-13-20(14-12-19)25-21(28)16-26(4)15-17-7-9-18(10-8-17)22(29)24-3/h7-14H,5-6,15-16H2,1-4H3,(H,24,29)(H,25,28)/p+1. The van der Waals surface area contributed by atoms with E-state index >= 15 is 0 Å². The predicted molar refractivity (Wildman–Crippen MR) is 118 cm³/mol. The van der Waals surface area contributed by atoms with Crippen LogP contribution in [0, 0.1) is 0 Å². The quantitative estimate of drug-likeness (QED) is 0.580. The number of hydrogen-bond acceptors (Lipinski definition) is 3. The number of carbonyl (C=O) groups excluding carboxylic acids is 3. The zero-order valence-corrected chi connectivity index (χ0v) is 18.1. The highest BCUT2D eigenvalue weighted by atomic mass is 16.2. The van der Waals surface area contributed by atoms with Gasteiger partial charge in [-0.3, -0.25) is 14.4 Å². The molecule has 0 aliphatic rings. The lowest BCUT2D eigenvalue weighted by molar-refractivity contribution is -0.885. The average molecular weight is 412 g/mol. The van der Waals surface area contributed by atoms with Crippen LogP contribution in [0.25, 0.3) is 0 Å². The Balaban J connectivity index is 1.87. The number of benzene rings is 2. The number of likely N-dealkylation sites (N-methyl/N-ethyl adjacent to an activating group) is 1. The topological polar surface area (TPSA) is 83.0 Å². The number of anilines is 1. The minimum atomic E-state index is -0.119. The molecular weight excluding hydrogens is 380 g/mol. The van der Waals surface area contributed by atoms with E-state index < -0.39 is 0 Å². The summed E-state index contributed by atoms with van der Waals surface area (Å²) in [5, 5.41) is 5.47. The number of hydrogen-bond donors (Lipinski definition) is 3. The molecule has 30 heavy (non-hydrogen) atoms. The molecule has 0 saturated carbocycles. The predicted octanol–water partition coefficient (Wildman–Crippen LogP) is 1.18. The molecule has 3 amide bonds. The maximum Gasteiger partial charge on any atom is 0.279 e. The van der Waals surface area contributed by atoms with Crippen molar-refractivity contribution < 1.29 is 19.3 Å². The second-order valence-electron chi connectivity index (χ2n) is 7.19. The molecule has 1 unspecified atom stereocenters. The number of nitrogens with one attached hydrogen (secondary N) is 3. The van der Waals surface area contributed by atoms with Gasteiger partial charge in [-0.15, -0.1) is 0 Å². The minimum Gasteiger partial charge on any atom is -0.355 e. The highest BCUT2D eigenvalue weighted by molar-refractivity contribution is 5.96. The molecule has 0 aliphatic heterocycles. The van der Waals surface area contributed by atoms with Crippen LogP contribution in [-0.4, -0.2) is 56.4 Å². The fourth-order valence-corrected chi connectivity index (χ4v) is 3.20. The summed E-state index contributed by atoms with van der Waals surface area (Å²) in [6.07, 6.45) is 0. The van der Waals surface area contributed by atoms with Crippen LogP contribution in [-0.2, 0) is 11.3 Å². The normalized spacial score (nSPS) is 11.5. The molecule has 0 fully saturated rings. The molecule has 0 saturated heterocycles. The maximum absolute atomic E-state index is 12.4. The van der Waals surface area contributed by atoms with Crippen LogP contribution < -0.4 is 15.5 Å². The van der Waals surface area contributed by atoms with E-state index in [2.05, 4.69) is 10.6 Å². The Morgan fingerprint density at radius 1 is 0.900 bits per heavy atom. The molecule has 0 aliphatic carbocycles. The summed E-state index contributed by atoms with van der Waals surface area (Å²) in [6, 6.07) is 14.3. The van der Waals surface area contributed by atoms with Gasteiger partial charge in [0, 0.05) is 42.5 Å². The Morgan fingerprint density at radius 3 is 2.00 bits per heavy atom. The van der Waals surface area contributed by atoms with Gasteiger partial charge >= 0.3 is 0 Å². The summed E-state index contributed by atoms with van der Waals surface area (Å²) < 4.78 is 0. The Bertz CT molecular complexity index is 859. The van der Waals surface area contributed by atoms with Crippen LogP contribution in [0.5, 0.6) is 0 Å². The first-order valence-corrected chi connectivity index (χ1v) is 10.2. The van der Waals surface area contributed by atoms with Crippen molar-refractivity contribution in [1.29, 1.82) is 0 Å². The van der Waals surface area contributed by atoms with Crippen molar-refractivity contribution in [3.8, 4) is 0 Å². The molecule has 7 heteroatoms. The van der Waals surface area contributed by atoms with Crippen LogP contribution in [0.15, 0.2) is 48.5 Å². The van der Waals surface area contributed by atoms with Crippen LogP contribution in [0.1, 0.15) is 40.1 Å². The van der Waals surface area contributed by atoms with Gasteiger partial charge in [-0.25, -0.2) is 0 Å². The third kappa shape index (κ3) is 6.42. The van der Waals surface area contributed by atoms with Gasteiger partial charge in [-0.1, -0.05) is 12.1 Å². The molecule has 2 aromatic rings. The van der Waals surface area contributed by atoms with Crippen LogP contribution in [0.2, 0.25) is 0 Å². The van der Waals surface area contributed by atoms with Gasteiger partial charge in [0.1, 0.15) is 6.54 Å². The molecule has 2 aromatic carbocycles. The molecule has 0 heterocycles. The molecule has 0 spiro atoms. The first kappa shape index (κ1) is 23.1. The number of amides is 3. The summed E-state index contributed by atoms with van der Waals surface area (Å²) in [6.45, 7) is 6.20. The largest absolute Gasteiger partial charge is 0.355 e. The Morgan fingerprint density at radius 2 is 1.47 bits per heavy atom. The highest BCUT2D eigenvalue weighted by Crippen LogP contribution is 2.11. The summed E-state index contributed by atoms with van der Waals surface area (Å²) in [5.74, 6) is -0.228. The molecule has 0 aromatic heterocycles. The zero-order valence-electron chi connectivity index (χ0n) is 18.1. The average Bonchev–Trinajstić information content (AvgIpc) is 2.74. The first-order chi connectivity index (χ1) is 14.4. The SMILES string of the molecule is CCN(CC)C(=O)c1ccc(NC(=O)C[NH+](C)Cc2ccc(C(=O)NC)cc2)cc1. The zero-order chi connectivity index (χ0) is 22.1. The van der Waals surface area contributed by atoms with E-state index in [9.17, 15) is 14.4 Å². The lowest BCUT2D eigenvalue weighted by Gasteiger charge is -2.18. The smallest absolute Gasteiger partial charge is 0.279 e. The van der Waals surface area contributed by atoms with E-state index in [-0.39, 0.29) is 17.7 Å². The van der Waals surface area contributed by atoms with Gasteiger partial charge in [0.25, 0.3) is 17.7 Å². The summed E-state index contributed by atoms with van der Waals surface area (Å²) >= 11 is 0. The molecule has 3 N–H and O–H groups in total. The summed E-state index contributed by atoms with van der Waals surface area (Å²) in [5.41, 5.74) is 2.94. The second kappa shape index (κ2) is 11.1. The Kier molecular flexibility index (Phi) is 8.55. The minimum absolute atomic E-state index is 0.00973. The fraction of sp³-hybridized carbons (Fsp3) is 0.348. The molecule has 0 radical (unpaired) electrons. The molecular formula is C23H31N4O3+. The van der Waals surface area contributed by atoms with E-state index in [1.807, 2.05) is 33.0 Å². The lowest BCUT2D eigenvalue weighted by atomic mass is 10.1. The molecule has 7 nitrogen and oxygen atoms in total. The molecule has 0 bridgehead atoms.